The molecule has 0 saturated heterocycles. The minimum absolute atomic E-state index is 0.332. The molecular weight excluding hydrogens is 312 g/mol. The Morgan fingerprint density at radius 3 is 2.64 bits per heavy atom. The minimum Gasteiger partial charge on any atom is -0.465 e. The Bertz CT molecular complexity index is 876. The van der Waals surface area contributed by atoms with E-state index in [9.17, 15) is 4.79 Å². The van der Waals surface area contributed by atoms with Gasteiger partial charge in [0.15, 0.2) is 0 Å². The van der Waals surface area contributed by atoms with Crippen molar-refractivity contribution in [3.63, 3.8) is 0 Å². The lowest BCUT2D eigenvalue weighted by atomic mass is 9.97. The predicted molar refractivity (Wildman–Crippen MR) is 99.5 cm³/mol. The summed E-state index contributed by atoms with van der Waals surface area (Å²) >= 11 is 0. The Kier molecular flexibility index (Phi) is 5.09. The number of anilines is 1. The fourth-order valence-electron chi connectivity index (χ4n) is 2.69. The number of aryl methyl sites for hydroxylation is 1. The SMILES string of the molecule is COC(=O)c1ccc(CNc2cnccc2C)cc1-c1ccccc1. The van der Waals surface area contributed by atoms with E-state index in [-0.39, 0.29) is 5.97 Å². The molecule has 1 heterocycles. The van der Waals surface area contributed by atoms with Gasteiger partial charge in [0.25, 0.3) is 0 Å². The molecule has 1 aromatic heterocycles. The average Bonchev–Trinajstić information content (AvgIpc) is 2.67. The zero-order valence-electron chi connectivity index (χ0n) is 14.3. The largest absolute Gasteiger partial charge is 0.465 e. The number of hydrogen-bond acceptors (Lipinski definition) is 4. The lowest BCUT2D eigenvalue weighted by Crippen LogP contribution is -2.06. The summed E-state index contributed by atoms with van der Waals surface area (Å²) in [5, 5.41) is 3.39. The molecule has 1 N–H and O–H groups in total. The number of rotatable bonds is 5. The molecule has 3 rings (SSSR count). The molecule has 4 heteroatoms. The lowest BCUT2D eigenvalue weighted by Gasteiger charge is -2.13. The van der Waals surface area contributed by atoms with E-state index in [4.69, 9.17) is 4.74 Å². The van der Waals surface area contributed by atoms with Crippen LogP contribution in [0.2, 0.25) is 0 Å². The lowest BCUT2D eigenvalue weighted by molar-refractivity contribution is 0.0601. The molecule has 0 saturated carbocycles. The molecule has 2 aromatic carbocycles. The van der Waals surface area contributed by atoms with Gasteiger partial charge in [0.05, 0.1) is 24.6 Å². The van der Waals surface area contributed by atoms with Crippen molar-refractivity contribution in [1.82, 2.24) is 4.98 Å². The first-order chi connectivity index (χ1) is 12.2. The molecule has 4 nitrogen and oxygen atoms in total. The van der Waals surface area contributed by atoms with Crippen LogP contribution in [0, 0.1) is 6.92 Å². The van der Waals surface area contributed by atoms with Crippen LogP contribution in [0.4, 0.5) is 5.69 Å². The van der Waals surface area contributed by atoms with Crippen molar-refractivity contribution in [1.29, 1.82) is 0 Å². The molecule has 0 radical (unpaired) electrons. The van der Waals surface area contributed by atoms with Crippen LogP contribution in [0.25, 0.3) is 11.1 Å². The molecule has 0 aliphatic heterocycles. The van der Waals surface area contributed by atoms with Crippen LogP contribution in [0.5, 0.6) is 0 Å². The van der Waals surface area contributed by atoms with E-state index >= 15 is 0 Å². The van der Waals surface area contributed by atoms with Crippen molar-refractivity contribution in [2.24, 2.45) is 0 Å². The van der Waals surface area contributed by atoms with Crippen LogP contribution < -0.4 is 5.32 Å². The van der Waals surface area contributed by atoms with Crippen molar-refractivity contribution in [2.75, 3.05) is 12.4 Å². The first kappa shape index (κ1) is 16.7. The van der Waals surface area contributed by atoms with E-state index in [1.54, 1.807) is 6.20 Å². The Hall–Kier alpha value is -3.14. The van der Waals surface area contributed by atoms with E-state index in [0.29, 0.717) is 12.1 Å². The maximum atomic E-state index is 12.1. The molecule has 0 fully saturated rings. The minimum atomic E-state index is -0.332. The maximum absolute atomic E-state index is 12.1. The van der Waals surface area contributed by atoms with Crippen molar-refractivity contribution >= 4 is 11.7 Å². The number of pyridine rings is 1. The molecule has 0 atom stereocenters. The summed E-state index contributed by atoms with van der Waals surface area (Å²) in [7, 11) is 1.40. The summed E-state index contributed by atoms with van der Waals surface area (Å²) in [6.07, 6.45) is 3.59. The van der Waals surface area contributed by atoms with E-state index in [0.717, 1.165) is 27.9 Å². The normalized spacial score (nSPS) is 10.3. The second-order valence-corrected chi connectivity index (χ2v) is 5.78. The number of aromatic nitrogens is 1. The Morgan fingerprint density at radius 2 is 1.92 bits per heavy atom. The van der Waals surface area contributed by atoms with E-state index in [2.05, 4.69) is 10.3 Å². The molecule has 0 bridgehead atoms. The number of hydrogen-bond donors (Lipinski definition) is 1. The number of carbonyl (C=O) groups excluding carboxylic acids is 1. The van der Waals surface area contributed by atoms with Crippen molar-refractivity contribution in [3.8, 4) is 11.1 Å². The van der Waals surface area contributed by atoms with E-state index in [1.165, 1.54) is 7.11 Å². The van der Waals surface area contributed by atoms with Gasteiger partial charge in [-0.25, -0.2) is 4.79 Å². The number of benzene rings is 2. The number of nitrogens with one attached hydrogen (secondary N) is 1. The highest BCUT2D eigenvalue weighted by Gasteiger charge is 2.14. The molecule has 0 amide bonds. The summed E-state index contributed by atoms with van der Waals surface area (Å²) in [4.78, 5) is 16.2. The molecule has 126 valence electrons. The zero-order valence-corrected chi connectivity index (χ0v) is 14.3. The van der Waals surface area contributed by atoms with Gasteiger partial charge in [0.1, 0.15) is 0 Å². The summed E-state index contributed by atoms with van der Waals surface area (Å²) in [5.41, 5.74) is 5.65. The summed E-state index contributed by atoms with van der Waals surface area (Å²) in [6, 6.07) is 17.6. The number of carbonyl (C=O) groups is 1. The topological polar surface area (TPSA) is 51.2 Å². The highest BCUT2D eigenvalue weighted by atomic mass is 16.5. The molecule has 0 aliphatic carbocycles. The molecule has 3 aromatic rings. The standard InChI is InChI=1S/C21H20N2O2/c1-15-10-11-22-14-20(15)23-13-16-8-9-18(21(24)25-2)19(12-16)17-6-4-3-5-7-17/h3-12,14,23H,13H2,1-2H3. The van der Waals surface area contributed by atoms with E-state index < -0.39 is 0 Å². The number of methoxy groups -OCH3 is 1. The molecule has 0 unspecified atom stereocenters. The molecule has 25 heavy (non-hydrogen) atoms. The first-order valence-electron chi connectivity index (χ1n) is 8.10. The van der Waals surface area contributed by atoms with Crippen molar-refractivity contribution in [3.05, 3.63) is 83.7 Å². The fraction of sp³-hybridized carbons (Fsp3) is 0.143. The highest BCUT2D eigenvalue weighted by Crippen LogP contribution is 2.26. The van der Waals surface area contributed by atoms with Gasteiger partial charge in [-0.3, -0.25) is 4.98 Å². The molecule has 0 spiro atoms. The number of ether oxygens (including phenoxy) is 1. The Morgan fingerprint density at radius 1 is 1.12 bits per heavy atom. The highest BCUT2D eigenvalue weighted by molar-refractivity contribution is 5.97. The summed E-state index contributed by atoms with van der Waals surface area (Å²) in [6.45, 7) is 2.69. The van der Waals surface area contributed by atoms with Gasteiger partial charge in [-0.15, -0.1) is 0 Å². The smallest absolute Gasteiger partial charge is 0.338 e. The summed E-state index contributed by atoms with van der Waals surface area (Å²) < 4.78 is 4.92. The van der Waals surface area contributed by atoms with Gasteiger partial charge in [0, 0.05) is 12.7 Å². The summed E-state index contributed by atoms with van der Waals surface area (Å²) in [5.74, 6) is -0.332. The third kappa shape index (κ3) is 3.86. The zero-order chi connectivity index (χ0) is 17.6. The second kappa shape index (κ2) is 7.62. The van der Waals surface area contributed by atoms with Gasteiger partial charge in [-0.05, 0) is 47.4 Å². The van der Waals surface area contributed by atoms with Crippen molar-refractivity contribution in [2.45, 2.75) is 13.5 Å². The van der Waals surface area contributed by atoms with Crippen LogP contribution in [0.1, 0.15) is 21.5 Å². The van der Waals surface area contributed by atoms with Gasteiger partial charge >= 0.3 is 5.97 Å². The van der Waals surface area contributed by atoms with E-state index in [1.807, 2.05) is 67.7 Å². The van der Waals surface area contributed by atoms with Crippen LogP contribution in [0.3, 0.4) is 0 Å². The molecular formula is C21H20N2O2. The number of nitrogens with zero attached hydrogens (tertiary/aromatic N) is 1. The van der Waals surface area contributed by atoms with Gasteiger partial charge < -0.3 is 10.1 Å². The Labute approximate surface area is 147 Å². The quantitative estimate of drug-likeness (QED) is 0.701. The third-order valence-electron chi connectivity index (χ3n) is 4.10. The Balaban J connectivity index is 1.91. The van der Waals surface area contributed by atoms with Crippen LogP contribution in [-0.4, -0.2) is 18.1 Å². The predicted octanol–water partition coefficient (Wildman–Crippen LogP) is 4.46. The fourth-order valence-corrected chi connectivity index (χ4v) is 2.69. The monoisotopic (exact) mass is 332 g/mol. The van der Waals surface area contributed by atoms with Crippen molar-refractivity contribution < 1.29 is 9.53 Å². The van der Waals surface area contributed by atoms with Gasteiger partial charge in [0.2, 0.25) is 0 Å². The second-order valence-electron chi connectivity index (χ2n) is 5.78. The van der Waals surface area contributed by atoms with Crippen LogP contribution in [0.15, 0.2) is 67.0 Å². The average molecular weight is 332 g/mol. The van der Waals surface area contributed by atoms with Crippen LogP contribution >= 0.6 is 0 Å². The van der Waals surface area contributed by atoms with Crippen LogP contribution in [-0.2, 0) is 11.3 Å². The molecule has 0 aliphatic rings. The third-order valence-corrected chi connectivity index (χ3v) is 4.10. The number of esters is 1. The van der Waals surface area contributed by atoms with Gasteiger partial charge in [-0.1, -0.05) is 36.4 Å². The van der Waals surface area contributed by atoms with Gasteiger partial charge in [-0.2, -0.15) is 0 Å². The maximum Gasteiger partial charge on any atom is 0.338 e. The first-order valence-corrected chi connectivity index (χ1v) is 8.10.